The molecule has 10 heteroatoms. The number of amides is 2. The molecule has 8 nitrogen and oxygen atoms in total. The van der Waals surface area contributed by atoms with Crippen molar-refractivity contribution in [3.63, 3.8) is 0 Å². The van der Waals surface area contributed by atoms with Crippen LogP contribution in [0.4, 0.5) is 11.4 Å². The molecule has 1 heterocycles. The van der Waals surface area contributed by atoms with Crippen LogP contribution < -0.4 is 14.9 Å². The summed E-state index contributed by atoms with van der Waals surface area (Å²) in [5, 5.41) is 3.23. The zero-order valence-corrected chi connectivity index (χ0v) is 18.0. The van der Waals surface area contributed by atoms with E-state index < -0.39 is 10.0 Å². The predicted octanol–water partition coefficient (Wildman–Crippen LogP) is 1.93. The van der Waals surface area contributed by atoms with Gasteiger partial charge in [0.15, 0.2) is 0 Å². The van der Waals surface area contributed by atoms with E-state index in [1.54, 1.807) is 4.90 Å². The highest BCUT2D eigenvalue weighted by molar-refractivity contribution is 7.89. The number of halogens is 1. The van der Waals surface area contributed by atoms with Crippen LogP contribution in [-0.2, 0) is 19.6 Å². The minimum Gasteiger partial charge on any atom is -0.368 e. The normalized spacial score (nSPS) is 14.5. The van der Waals surface area contributed by atoms with Crippen molar-refractivity contribution in [3.8, 4) is 0 Å². The van der Waals surface area contributed by atoms with Gasteiger partial charge in [-0.15, -0.1) is 0 Å². The first kappa shape index (κ1) is 22.1. The highest BCUT2D eigenvalue weighted by Gasteiger charge is 2.23. The molecule has 0 unspecified atom stereocenters. The van der Waals surface area contributed by atoms with Gasteiger partial charge in [0.25, 0.3) is 0 Å². The molecule has 0 spiro atoms. The predicted molar refractivity (Wildman–Crippen MR) is 116 cm³/mol. The third-order valence-electron chi connectivity index (χ3n) is 4.70. The molecule has 2 aromatic carbocycles. The van der Waals surface area contributed by atoms with Gasteiger partial charge in [0.05, 0.1) is 11.4 Å². The molecule has 0 aliphatic carbocycles. The zero-order chi connectivity index (χ0) is 21.7. The number of anilines is 2. The first-order chi connectivity index (χ1) is 14.2. The van der Waals surface area contributed by atoms with Crippen LogP contribution in [0.2, 0.25) is 5.02 Å². The Kier molecular flexibility index (Phi) is 6.96. The molecule has 2 amide bonds. The molecule has 3 rings (SSSR count). The van der Waals surface area contributed by atoms with Gasteiger partial charge in [0.2, 0.25) is 21.8 Å². The van der Waals surface area contributed by atoms with Gasteiger partial charge in [-0.1, -0.05) is 17.7 Å². The van der Waals surface area contributed by atoms with Crippen LogP contribution >= 0.6 is 11.6 Å². The molecule has 0 radical (unpaired) electrons. The Bertz CT molecular complexity index is 1020. The van der Waals surface area contributed by atoms with E-state index in [-0.39, 0.29) is 23.3 Å². The molecule has 0 atom stereocenters. The van der Waals surface area contributed by atoms with Crippen molar-refractivity contribution in [1.29, 1.82) is 0 Å². The van der Waals surface area contributed by atoms with E-state index in [9.17, 15) is 18.0 Å². The summed E-state index contributed by atoms with van der Waals surface area (Å²) < 4.78 is 27.2. The Morgan fingerprint density at radius 3 is 2.30 bits per heavy atom. The number of hydrogen-bond acceptors (Lipinski definition) is 5. The number of piperazine rings is 1. The topological polar surface area (TPSA) is 98.8 Å². The highest BCUT2D eigenvalue weighted by atomic mass is 35.5. The molecule has 1 aliphatic heterocycles. The van der Waals surface area contributed by atoms with Crippen molar-refractivity contribution in [2.75, 3.05) is 42.9 Å². The van der Waals surface area contributed by atoms with Gasteiger partial charge in [-0.05, 0) is 42.5 Å². The fourth-order valence-electron chi connectivity index (χ4n) is 3.16. The minimum atomic E-state index is -3.83. The van der Waals surface area contributed by atoms with Crippen LogP contribution in [0, 0.1) is 0 Å². The number of carbonyl (C=O) groups excluding carboxylic acids is 2. The smallest absolute Gasteiger partial charge is 0.241 e. The molecule has 1 saturated heterocycles. The maximum Gasteiger partial charge on any atom is 0.241 e. The zero-order valence-electron chi connectivity index (χ0n) is 16.5. The number of nitrogens with one attached hydrogen (secondary N) is 2. The van der Waals surface area contributed by atoms with Gasteiger partial charge in [0, 0.05) is 49.5 Å². The highest BCUT2D eigenvalue weighted by Crippen LogP contribution is 2.21. The van der Waals surface area contributed by atoms with Crippen molar-refractivity contribution in [1.82, 2.24) is 9.62 Å². The van der Waals surface area contributed by atoms with Crippen LogP contribution in [0.5, 0.6) is 0 Å². The van der Waals surface area contributed by atoms with Gasteiger partial charge >= 0.3 is 0 Å². The van der Waals surface area contributed by atoms with Gasteiger partial charge < -0.3 is 15.1 Å². The molecule has 1 aliphatic rings. The lowest BCUT2D eigenvalue weighted by Gasteiger charge is -2.36. The molecular weight excluding hydrogens is 428 g/mol. The molecular formula is C20H23ClN4O4S. The van der Waals surface area contributed by atoms with Crippen LogP contribution in [0.1, 0.15) is 6.92 Å². The van der Waals surface area contributed by atoms with E-state index in [1.165, 1.54) is 31.2 Å². The minimum absolute atomic E-state index is 0.0233. The third-order valence-corrected chi connectivity index (χ3v) is 6.36. The van der Waals surface area contributed by atoms with Crippen LogP contribution in [0.15, 0.2) is 53.4 Å². The van der Waals surface area contributed by atoms with Crippen LogP contribution in [0.3, 0.4) is 0 Å². The lowest BCUT2D eigenvalue weighted by atomic mass is 10.2. The summed E-state index contributed by atoms with van der Waals surface area (Å²) in [5.74, 6) is -0.524. The fourth-order valence-corrected chi connectivity index (χ4v) is 4.32. The summed E-state index contributed by atoms with van der Waals surface area (Å²) in [6, 6.07) is 13.3. The van der Waals surface area contributed by atoms with Crippen molar-refractivity contribution in [2.24, 2.45) is 0 Å². The quantitative estimate of drug-likeness (QED) is 0.700. The number of carbonyl (C=O) groups is 2. The Hall–Kier alpha value is -2.62. The van der Waals surface area contributed by atoms with E-state index in [1.807, 2.05) is 24.3 Å². The number of sulfonamides is 1. The van der Waals surface area contributed by atoms with E-state index in [2.05, 4.69) is 14.9 Å². The van der Waals surface area contributed by atoms with E-state index in [4.69, 9.17) is 11.6 Å². The number of hydrogen-bond donors (Lipinski definition) is 2. The number of nitrogens with zero attached hydrogens (tertiary/aromatic N) is 2. The van der Waals surface area contributed by atoms with E-state index >= 15 is 0 Å². The summed E-state index contributed by atoms with van der Waals surface area (Å²) in [5.41, 5.74) is 1.49. The van der Waals surface area contributed by atoms with E-state index in [0.29, 0.717) is 36.9 Å². The average molecular weight is 451 g/mol. The summed E-state index contributed by atoms with van der Waals surface area (Å²) in [6.07, 6.45) is 0. The average Bonchev–Trinajstić information content (AvgIpc) is 2.72. The molecule has 30 heavy (non-hydrogen) atoms. The fraction of sp³-hybridized carbons (Fsp3) is 0.300. The first-order valence-corrected chi connectivity index (χ1v) is 11.3. The Morgan fingerprint density at radius 2 is 1.70 bits per heavy atom. The lowest BCUT2D eigenvalue weighted by Crippen LogP contribution is -2.51. The van der Waals surface area contributed by atoms with Crippen molar-refractivity contribution in [2.45, 2.75) is 11.8 Å². The number of benzene rings is 2. The van der Waals surface area contributed by atoms with Gasteiger partial charge in [-0.2, -0.15) is 0 Å². The summed E-state index contributed by atoms with van der Waals surface area (Å²) in [4.78, 5) is 27.3. The maximum absolute atomic E-state index is 12.5. The molecule has 0 bridgehead atoms. The molecule has 1 fully saturated rings. The molecule has 0 saturated carbocycles. The van der Waals surface area contributed by atoms with Crippen LogP contribution in [0.25, 0.3) is 0 Å². The molecule has 0 aromatic heterocycles. The Balaban J connectivity index is 1.52. The summed E-state index contributed by atoms with van der Waals surface area (Å²) in [6.45, 7) is 3.34. The van der Waals surface area contributed by atoms with Crippen LogP contribution in [-0.4, -0.2) is 57.9 Å². The maximum atomic E-state index is 12.5. The second kappa shape index (κ2) is 9.46. The first-order valence-electron chi connectivity index (χ1n) is 9.40. The van der Waals surface area contributed by atoms with Gasteiger partial charge in [-0.3, -0.25) is 9.59 Å². The van der Waals surface area contributed by atoms with E-state index in [0.717, 1.165) is 5.69 Å². The molecule has 2 N–H and O–H groups in total. The molecule has 2 aromatic rings. The van der Waals surface area contributed by atoms with Crippen molar-refractivity contribution in [3.05, 3.63) is 53.6 Å². The lowest BCUT2D eigenvalue weighted by molar-refractivity contribution is -0.130. The Morgan fingerprint density at radius 1 is 1.03 bits per heavy atom. The number of rotatable bonds is 6. The summed E-state index contributed by atoms with van der Waals surface area (Å²) in [7, 11) is -3.83. The largest absolute Gasteiger partial charge is 0.368 e. The van der Waals surface area contributed by atoms with Crippen molar-refractivity contribution < 1.29 is 18.0 Å². The van der Waals surface area contributed by atoms with Gasteiger partial charge in [0.1, 0.15) is 0 Å². The third kappa shape index (κ3) is 5.71. The Labute approximate surface area is 180 Å². The second-order valence-corrected chi connectivity index (χ2v) is 9.08. The summed E-state index contributed by atoms with van der Waals surface area (Å²) >= 11 is 6.03. The second-order valence-electron chi connectivity index (χ2n) is 6.88. The monoisotopic (exact) mass is 450 g/mol. The molecule has 160 valence electrons. The van der Waals surface area contributed by atoms with Crippen molar-refractivity contribution >= 4 is 44.8 Å². The van der Waals surface area contributed by atoms with Gasteiger partial charge in [-0.25, -0.2) is 13.1 Å². The standard InChI is InChI=1S/C20H23ClN4O4S/c1-15(26)23-17-5-7-19(8-6-17)30(28,29)22-14-20(27)25-11-9-24(10-12-25)18-4-2-3-16(21)13-18/h2-8,13,22H,9-12,14H2,1H3,(H,23,26). The SMILES string of the molecule is CC(=O)Nc1ccc(S(=O)(=O)NCC(=O)N2CCN(c3cccc(Cl)c3)CC2)cc1.